The predicted molar refractivity (Wildman–Crippen MR) is 72.9 cm³/mol. The molecule has 0 aliphatic carbocycles. The highest BCUT2D eigenvalue weighted by atomic mass is 79.9. The third-order valence-electron chi connectivity index (χ3n) is 2.68. The van der Waals surface area contributed by atoms with Crippen molar-refractivity contribution in [2.75, 3.05) is 6.54 Å². The van der Waals surface area contributed by atoms with Crippen LogP contribution >= 0.6 is 15.9 Å². The lowest BCUT2D eigenvalue weighted by Gasteiger charge is -2.18. The van der Waals surface area contributed by atoms with E-state index < -0.39 is 0 Å². The van der Waals surface area contributed by atoms with Crippen molar-refractivity contribution in [2.45, 2.75) is 19.4 Å². The lowest BCUT2D eigenvalue weighted by Crippen LogP contribution is -2.23. The summed E-state index contributed by atoms with van der Waals surface area (Å²) >= 11 is 3.60. The van der Waals surface area contributed by atoms with Crippen LogP contribution in [0.2, 0.25) is 0 Å². The van der Waals surface area contributed by atoms with Crippen LogP contribution in [-0.2, 0) is 6.42 Å². The standard InChI is InChI=1S/C13H16BrN3/c1-2-15-12(9-13-16-7-8-17-13)10-5-3-4-6-11(10)14/h3-8,12,15H,2,9H2,1H3,(H,16,17). The van der Waals surface area contributed by atoms with Crippen LogP contribution in [-0.4, -0.2) is 16.5 Å². The molecule has 0 bridgehead atoms. The Labute approximate surface area is 110 Å². The molecule has 0 amide bonds. The number of rotatable bonds is 5. The molecule has 2 N–H and O–H groups in total. The van der Waals surface area contributed by atoms with Crippen molar-refractivity contribution in [3.8, 4) is 0 Å². The number of aromatic amines is 1. The van der Waals surface area contributed by atoms with Crippen LogP contribution in [0, 0.1) is 0 Å². The molecule has 1 atom stereocenters. The maximum absolute atomic E-state index is 4.28. The second-order valence-corrected chi connectivity index (χ2v) is 4.73. The molecule has 1 heterocycles. The van der Waals surface area contributed by atoms with Crippen LogP contribution in [0.15, 0.2) is 41.1 Å². The number of imidazole rings is 1. The van der Waals surface area contributed by atoms with E-state index in [4.69, 9.17) is 0 Å². The van der Waals surface area contributed by atoms with Crippen molar-refractivity contribution < 1.29 is 0 Å². The normalized spacial score (nSPS) is 12.6. The summed E-state index contributed by atoms with van der Waals surface area (Å²) in [4.78, 5) is 7.43. The van der Waals surface area contributed by atoms with Gasteiger partial charge in [0.1, 0.15) is 5.82 Å². The first-order valence-electron chi connectivity index (χ1n) is 5.77. The third kappa shape index (κ3) is 3.17. The smallest absolute Gasteiger partial charge is 0.107 e. The summed E-state index contributed by atoms with van der Waals surface area (Å²) in [5.74, 6) is 1.01. The van der Waals surface area contributed by atoms with Crippen molar-refractivity contribution in [1.29, 1.82) is 0 Å². The van der Waals surface area contributed by atoms with Crippen molar-refractivity contribution in [2.24, 2.45) is 0 Å². The number of halogens is 1. The number of nitrogens with one attached hydrogen (secondary N) is 2. The molecule has 0 aliphatic rings. The Morgan fingerprint density at radius 3 is 2.88 bits per heavy atom. The first kappa shape index (κ1) is 12.3. The number of hydrogen-bond donors (Lipinski definition) is 2. The molecule has 1 unspecified atom stereocenters. The Kier molecular flexibility index (Phi) is 4.34. The van der Waals surface area contributed by atoms with Crippen LogP contribution in [0.4, 0.5) is 0 Å². The molecular formula is C13H16BrN3. The van der Waals surface area contributed by atoms with E-state index in [1.165, 1.54) is 5.56 Å². The largest absolute Gasteiger partial charge is 0.349 e. The molecular weight excluding hydrogens is 278 g/mol. The summed E-state index contributed by atoms with van der Waals surface area (Å²) in [7, 11) is 0. The predicted octanol–water partition coefficient (Wildman–Crippen LogP) is 3.07. The lowest BCUT2D eigenvalue weighted by atomic mass is 10.0. The molecule has 2 rings (SSSR count). The molecule has 90 valence electrons. The number of aromatic nitrogens is 2. The van der Waals surface area contributed by atoms with Gasteiger partial charge in [-0.15, -0.1) is 0 Å². The topological polar surface area (TPSA) is 40.7 Å². The van der Waals surface area contributed by atoms with Gasteiger partial charge in [0.25, 0.3) is 0 Å². The summed E-state index contributed by atoms with van der Waals surface area (Å²) in [6.45, 7) is 3.05. The molecule has 0 saturated heterocycles. The monoisotopic (exact) mass is 293 g/mol. The highest BCUT2D eigenvalue weighted by molar-refractivity contribution is 9.10. The molecule has 0 spiro atoms. The number of hydrogen-bond acceptors (Lipinski definition) is 2. The Morgan fingerprint density at radius 1 is 1.41 bits per heavy atom. The Hall–Kier alpha value is -1.13. The summed E-state index contributed by atoms with van der Waals surface area (Å²) in [5.41, 5.74) is 1.27. The van der Waals surface area contributed by atoms with E-state index >= 15 is 0 Å². The van der Waals surface area contributed by atoms with Gasteiger partial charge in [-0.2, -0.15) is 0 Å². The van der Waals surface area contributed by atoms with Crippen LogP contribution in [0.5, 0.6) is 0 Å². The Balaban J connectivity index is 2.20. The maximum atomic E-state index is 4.28. The van der Waals surface area contributed by atoms with Gasteiger partial charge in [-0.1, -0.05) is 41.1 Å². The molecule has 4 heteroatoms. The van der Waals surface area contributed by atoms with Gasteiger partial charge in [-0.05, 0) is 18.2 Å². The van der Waals surface area contributed by atoms with E-state index in [-0.39, 0.29) is 6.04 Å². The summed E-state index contributed by atoms with van der Waals surface area (Å²) < 4.78 is 1.14. The van der Waals surface area contributed by atoms with Gasteiger partial charge in [0.2, 0.25) is 0 Å². The number of nitrogens with zero attached hydrogens (tertiary/aromatic N) is 1. The minimum Gasteiger partial charge on any atom is -0.349 e. The van der Waals surface area contributed by atoms with Crippen LogP contribution in [0.1, 0.15) is 24.4 Å². The molecule has 3 nitrogen and oxygen atoms in total. The highest BCUT2D eigenvalue weighted by Crippen LogP contribution is 2.25. The van der Waals surface area contributed by atoms with E-state index in [0.29, 0.717) is 0 Å². The van der Waals surface area contributed by atoms with Crippen molar-refractivity contribution in [1.82, 2.24) is 15.3 Å². The molecule has 1 aromatic carbocycles. The van der Waals surface area contributed by atoms with E-state index in [2.05, 4.69) is 56.3 Å². The van der Waals surface area contributed by atoms with Crippen molar-refractivity contribution >= 4 is 15.9 Å². The third-order valence-corrected chi connectivity index (χ3v) is 3.41. The van der Waals surface area contributed by atoms with Gasteiger partial charge in [0.05, 0.1) is 0 Å². The number of likely N-dealkylation sites (N-methyl/N-ethyl adjacent to an activating group) is 1. The summed E-state index contributed by atoms with van der Waals surface area (Å²) in [6.07, 6.45) is 4.51. The van der Waals surface area contributed by atoms with Crippen LogP contribution in [0.3, 0.4) is 0 Å². The van der Waals surface area contributed by atoms with E-state index in [9.17, 15) is 0 Å². The average molecular weight is 294 g/mol. The number of H-pyrrole nitrogens is 1. The average Bonchev–Trinajstić information content (AvgIpc) is 2.82. The van der Waals surface area contributed by atoms with Gasteiger partial charge in [0.15, 0.2) is 0 Å². The zero-order valence-corrected chi connectivity index (χ0v) is 11.4. The van der Waals surface area contributed by atoms with E-state index in [1.54, 1.807) is 6.20 Å². The molecule has 0 radical (unpaired) electrons. The van der Waals surface area contributed by atoms with Crippen LogP contribution in [0.25, 0.3) is 0 Å². The lowest BCUT2D eigenvalue weighted by molar-refractivity contribution is 0.537. The van der Waals surface area contributed by atoms with Gasteiger partial charge in [-0.3, -0.25) is 0 Å². The minimum absolute atomic E-state index is 0.279. The van der Waals surface area contributed by atoms with Crippen molar-refractivity contribution in [3.63, 3.8) is 0 Å². The first-order valence-corrected chi connectivity index (χ1v) is 6.56. The SMILES string of the molecule is CCNC(Cc1ncc[nH]1)c1ccccc1Br. The zero-order valence-electron chi connectivity index (χ0n) is 9.78. The van der Waals surface area contributed by atoms with Gasteiger partial charge in [-0.25, -0.2) is 4.98 Å². The fourth-order valence-corrected chi connectivity index (χ4v) is 2.46. The summed E-state index contributed by atoms with van der Waals surface area (Å²) in [5, 5.41) is 3.49. The Bertz CT molecular complexity index is 453. The molecule has 1 aromatic heterocycles. The highest BCUT2D eigenvalue weighted by Gasteiger charge is 2.14. The van der Waals surface area contributed by atoms with E-state index in [0.717, 1.165) is 23.3 Å². The number of benzene rings is 1. The molecule has 2 aromatic rings. The fraction of sp³-hybridized carbons (Fsp3) is 0.308. The maximum Gasteiger partial charge on any atom is 0.107 e. The Morgan fingerprint density at radius 2 is 2.24 bits per heavy atom. The van der Waals surface area contributed by atoms with E-state index in [1.807, 2.05) is 12.3 Å². The first-order chi connectivity index (χ1) is 8.31. The quantitative estimate of drug-likeness (QED) is 0.889. The van der Waals surface area contributed by atoms with Gasteiger partial charge >= 0.3 is 0 Å². The molecule has 0 fully saturated rings. The fourth-order valence-electron chi connectivity index (χ4n) is 1.90. The minimum atomic E-state index is 0.279. The molecule has 0 saturated carbocycles. The second kappa shape index (κ2) is 5.98. The second-order valence-electron chi connectivity index (χ2n) is 3.87. The zero-order chi connectivity index (χ0) is 12.1. The van der Waals surface area contributed by atoms with Crippen molar-refractivity contribution in [3.05, 3.63) is 52.5 Å². The molecule has 17 heavy (non-hydrogen) atoms. The van der Waals surface area contributed by atoms with Gasteiger partial charge < -0.3 is 10.3 Å². The molecule has 0 aliphatic heterocycles. The van der Waals surface area contributed by atoms with Crippen LogP contribution < -0.4 is 5.32 Å². The summed E-state index contributed by atoms with van der Waals surface area (Å²) in [6, 6.07) is 8.58. The van der Waals surface area contributed by atoms with Gasteiger partial charge in [0, 0.05) is 29.3 Å².